The van der Waals surface area contributed by atoms with E-state index in [0.29, 0.717) is 5.92 Å². The Morgan fingerprint density at radius 1 is 1.06 bits per heavy atom. The molecule has 4 rings (SSSR count). The minimum absolute atomic E-state index is 0.538. The van der Waals surface area contributed by atoms with E-state index in [1.165, 1.54) is 55.5 Å². The summed E-state index contributed by atoms with van der Waals surface area (Å²) in [6.45, 7) is 9.37. The van der Waals surface area contributed by atoms with Crippen molar-refractivity contribution in [3.8, 4) is 0 Å². The van der Waals surface area contributed by atoms with Gasteiger partial charge in [-0.1, -0.05) is 37.1 Å². The Hall–Kier alpha value is -2.34. The molecule has 2 aromatic rings. The van der Waals surface area contributed by atoms with Crippen LogP contribution >= 0.6 is 0 Å². The lowest BCUT2D eigenvalue weighted by atomic mass is 10.0. The molecule has 2 aliphatic rings. The van der Waals surface area contributed by atoms with Crippen molar-refractivity contribution < 1.29 is 0 Å². The molecule has 1 aromatic heterocycles. The molecule has 6 heteroatoms. The maximum atomic E-state index is 4.96. The van der Waals surface area contributed by atoms with Gasteiger partial charge in [0.25, 0.3) is 0 Å². The Kier molecular flexibility index (Phi) is 7.62. The zero-order valence-electron chi connectivity index (χ0n) is 19.3. The van der Waals surface area contributed by atoms with Crippen molar-refractivity contribution >= 4 is 5.96 Å². The molecule has 0 aliphatic carbocycles. The topological polar surface area (TPSA) is 48.7 Å². The van der Waals surface area contributed by atoms with Crippen LogP contribution in [0.25, 0.3) is 0 Å². The summed E-state index contributed by atoms with van der Waals surface area (Å²) >= 11 is 0. The zero-order valence-corrected chi connectivity index (χ0v) is 19.3. The monoisotopic (exact) mass is 422 g/mol. The normalized spacial score (nSPS) is 20.8. The maximum Gasteiger partial charge on any atom is 0.194 e. The van der Waals surface area contributed by atoms with Gasteiger partial charge in [0, 0.05) is 45.3 Å². The Balaban J connectivity index is 1.34. The van der Waals surface area contributed by atoms with Crippen molar-refractivity contribution in [2.45, 2.75) is 58.0 Å². The number of nitrogens with zero attached hydrogens (tertiary/aromatic N) is 5. The molecular formula is C25H38N6. The first-order valence-corrected chi connectivity index (χ1v) is 12.0. The van der Waals surface area contributed by atoms with Gasteiger partial charge < -0.3 is 10.2 Å². The summed E-state index contributed by atoms with van der Waals surface area (Å²) in [7, 11) is 1.99. The van der Waals surface area contributed by atoms with E-state index in [0.717, 1.165) is 45.1 Å². The Morgan fingerprint density at radius 3 is 2.48 bits per heavy atom. The van der Waals surface area contributed by atoms with Crippen LogP contribution in [0.15, 0.2) is 41.7 Å². The molecule has 0 amide bonds. The number of aryl methyl sites for hydroxylation is 1. The van der Waals surface area contributed by atoms with E-state index in [4.69, 9.17) is 4.99 Å². The number of benzene rings is 1. The number of likely N-dealkylation sites (tertiary alicyclic amines) is 2. The van der Waals surface area contributed by atoms with Crippen LogP contribution < -0.4 is 5.32 Å². The smallest absolute Gasteiger partial charge is 0.194 e. The molecule has 1 aromatic carbocycles. The van der Waals surface area contributed by atoms with Crippen LogP contribution in [0, 0.1) is 0 Å². The van der Waals surface area contributed by atoms with Crippen LogP contribution in [0.1, 0.15) is 61.6 Å². The first kappa shape index (κ1) is 21.9. The van der Waals surface area contributed by atoms with Crippen LogP contribution in [0.4, 0.5) is 0 Å². The molecule has 168 valence electrons. The lowest BCUT2D eigenvalue weighted by Crippen LogP contribution is -2.40. The largest absolute Gasteiger partial charge is 0.357 e. The van der Waals surface area contributed by atoms with Gasteiger partial charge in [0.1, 0.15) is 0 Å². The van der Waals surface area contributed by atoms with Crippen LogP contribution in [0.2, 0.25) is 0 Å². The lowest BCUT2D eigenvalue weighted by molar-refractivity contribution is 0.277. The Labute approximate surface area is 187 Å². The number of guanidine groups is 1. The summed E-state index contributed by atoms with van der Waals surface area (Å²) in [5, 5.41) is 7.83. The fourth-order valence-corrected chi connectivity index (χ4v) is 4.77. The predicted octanol–water partition coefficient (Wildman–Crippen LogP) is 3.75. The number of rotatable bonds is 6. The van der Waals surface area contributed by atoms with E-state index in [1.54, 1.807) is 0 Å². The molecule has 0 radical (unpaired) electrons. The second-order valence-electron chi connectivity index (χ2n) is 9.06. The molecular weight excluding hydrogens is 384 g/mol. The van der Waals surface area contributed by atoms with Gasteiger partial charge in [-0.05, 0) is 56.0 Å². The standard InChI is InChI=1S/C25H38N6/c1-3-26-25(31-15-12-23(20-31)24-17-28-29(2)19-24)27-16-21-8-10-22(11-9-21)18-30-13-6-4-5-7-14-30/h8-11,17,19,23H,3-7,12-16,18,20H2,1-2H3,(H,26,27). The molecule has 1 atom stereocenters. The highest BCUT2D eigenvalue weighted by Crippen LogP contribution is 2.26. The summed E-state index contributed by atoms with van der Waals surface area (Å²) in [6, 6.07) is 9.08. The third-order valence-electron chi connectivity index (χ3n) is 6.56. The number of aliphatic imine (C=N–C) groups is 1. The van der Waals surface area contributed by atoms with E-state index in [2.05, 4.69) is 57.6 Å². The molecule has 31 heavy (non-hydrogen) atoms. The van der Waals surface area contributed by atoms with E-state index in [9.17, 15) is 0 Å². The van der Waals surface area contributed by atoms with Gasteiger partial charge in [-0.2, -0.15) is 5.10 Å². The molecule has 6 nitrogen and oxygen atoms in total. The predicted molar refractivity (Wildman–Crippen MR) is 127 cm³/mol. The second kappa shape index (κ2) is 10.8. The molecule has 2 fully saturated rings. The summed E-state index contributed by atoms with van der Waals surface area (Å²) in [6.07, 6.45) is 10.8. The minimum atomic E-state index is 0.538. The highest BCUT2D eigenvalue weighted by molar-refractivity contribution is 5.80. The van der Waals surface area contributed by atoms with Crippen molar-refractivity contribution in [3.63, 3.8) is 0 Å². The number of nitrogens with one attached hydrogen (secondary N) is 1. The van der Waals surface area contributed by atoms with E-state index in [1.807, 2.05) is 17.9 Å². The van der Waals surface area contributed by atoms with E-state index in [-0.39, 0.29) is 0 Å². The van der Waals surface area contributed by atoms with Crippen molar-refractivity contribution in [2.24, 2.45) is 12.0 Å². The van der Waals surface area contributed by atoms with Crippen molar-refractivity contribution in [1.82, 2.24) is 24.9 Å². The molecule has 2 aliphatic heterocycles. The fraction of sp³-hybridized carbons (Fsp3) is 0.600. The molecule has 0 saturated carbocycles. The Morgan fingerprint density at radius 2 is 1.81 bits per heavy atom. The van der Waals surface area contributed by atoms with Gasteiger partial charge in [-0.25, -0.2) is 4.99 Å². The highest BCUT2D eigenvalue weighted by Gasteiger charge is 2.26. The second-order valence-corrected chi connectivity index (χ2v) is 9.06. The fourth-order valence-electron chi connectivity index (χ4n) is 4.77. The van der Waals surface area contributed by atoms with Crippen LogP contribution in [0.3, 0.4) is 0 Å². The van der Waals surface area contributed by atoms with Crippen LogP contribution in [-0.4, -0.2) is 58.3 Å². The van der Waals surface area contributed by atoms with Gasteiger partial charge in [0.15, 0.2) is 5.96 Å². The SMILES string of the molecule is CCNC(=NCc1ccc(CN2CCCCCC2)cc1)N1CCC(c2cnn(C)c2)C1. The van der Waals surface area contributed by atoms with E-state index < -0.39 is 0 Å². The van der Waals surface area contributed by atoms with Gasteiger partial charge in [-0.3, -0.25) is 9.58 Å². The van der Waals surface area contributed by atoms with Gasteiger partial charge in [0.05, 0.1) is 12.7 Å². The summed E-state index contributed by atoms with van der Waals surface area (Å²) in [5.74, 6) is 1.57. The first-order valence-electron chi connectivity index (χ1n) is 12.0. The molecule has 1 unspecified atom stereocenters. The minimum Gasteiger partial charge on any atom is -0.357 e. The van der Waals surface area contributed by atoms with Gasteiger partial charge in [-0.15, -0.1) is 0 Å². The molecule has 0 spiro atoms. The van der Waals surface area contributed by atoms with Crippen molar-refractivity contribution in [2.75, 3.05) is 32.7 Å². The van der Waals surface area contributed by atoms with Crippen LogP contribution in [0.5, 0.6) is 0 Å². The first-order chi connectivity index (χ1) is 15.2. The highest BCUT2D eigenvalue weighted by atomic mass is 15.3. The van der Waals surface area contributed by atoms with E-state index >= 15 is 0 Å². The molecule has 2 saturated heterocycles. The quantitative estimate of drug-likeness (QED) is 0.569. The summed E-state index contributed by atoms with van der Waals surface area (Å²) in [5.41, 5.74) is 4.03. The number of hydrogen-bond donors (Lipinski definition) is 1. The lowest BCUT2D eigenvalue weighted by Gasteiger charge is -2.21. The van der Waals surface area contributed by atoms with Crippen LogP contribution in [-0.2, 0) is 20.1 Å². The third-order valence-corrected chi connectivity index (χ3v) is 6.56. The average Bonchev–Trinajstić information content (AvgIpc) is 3.36. The molecule has 3 heterocycles. The Bertz CT molecular complexity index is 832. The summed E-state index contributed by atoms with van der Waals surface area (Å²) in [4.78, 5) is 9.96. The average molecular weight is 423 g/mol. The number of aromatic nitrogens is 2. The zero-order chi connectivity index (χ0) is 21.5. The molecule has 0 bridgehead atoms. The van der Waals surface area contributed by atoms with Crippen molar-refractivity contribution in [3.05, 3.63) is 53.3 Å². The van der Waals surface area contributed by atoms with Gasteiger partial charge in [0.2, 0.25) is 0 Å². The summed E-state index contributed by atoms with van der Waals surface area (Å²) < 4.78 is 1.90. The van der Waals surface area contributed by atoms with Crippen molar-refractivity contribution in [1.29, 1.82) is 0 Å². The third kappa shape index (κ3) is 6.10. The molecule has 1 N–H and O–H groups in total. The number of hydrogen-bond acceptors (Lipinski definition) is 3. The maximum absolute atomic E-state index is 4.96. The van der Waals surface area contributed by atoms with Gasteiger partial charge >= 0.3 is 0 Å².